The minimum atomic E-state index is -0.494. The van der Waals surface area contributed by atoms with Crippen LogP contribution in [0.1, 0.15) is 5.56 Å². The highest BCUT2D eigenvalue weighted by molar-refractivity contribution is 6.04. The van der Waals surface area contributed by atoms with Gasteiger partial charge in [0.1, 0.15) is 18.1 Å². The van der Waals surface area contributed by atoms with Gasteiger partial charge in [-0.05, 0) is 31.2 Å². The maximum atomic E-state index is 13.4. The van der Waals surface area contributed by atoms with Crippen LogP contribution < -0.4 is 15.0 Å². The topological polar surface area (TPSA) is 58.6 Å². The third-order valence-electron chi connectivity index (χ3n) is 3.50. The zero-order valence-electron chi connectivity index (χ0n) is 12.5. The summed E-state index contributed by atoms with van der Waals surface area (Å²) in [5.41, 5.74) is 1.98. The van der Waals surface area contributed by atoms with Gasteiger partial charge >= 0.3 is 0 Å². The molecule has 0 aliphatic carbocycles. The molecule has 1 aliphatic rings. The molecule has 0 atom stereocenters. The maximum absolute atomic E-state index is 13.4. The van der Waals surface area contributed by atoms with Crippen molar-refractivity contribution in [2.75, 3.05) is 23.4 Å². The summed E-state index contributed by atoms with van der Waals surface area (Å²) in [6.07, 6.45) is 0. The number of halogens is 1. The number of amides is 2. The highest BCUT2D eigenvalue weighted by Gasteiger charge is 2.27. The molecule has 1 aliphatic heterocycles. The van der Waals surface area contributed by atoms with Crippen LogP contribution in [0, 0.1) is 12.7 Å². The van der Waals surface area contributed by atoms with Crippen molar-refractivity contribution >= 4 is 23.2 Å². The highest BCUT2D eigenvalue weighted by atomic mass is 19.1. The molecule has 0 saturated heterocycles. The molecule has 5 nitrogen and oxygen atoms in total. The van der Waals surface area contributed by atoms with Gasteiger partial charge in [0.25, 0.3) is 5.91 Å². The Labute approximate surface area is 132 Å². The first-order valence-electron chi connectivity index (χ1n) is 7.12. The summed E-state index contributed by atoms with van der Waals surface area (Å²) in [4.78, 5) is 25.4. The zero-order chi connectivity index (χ0) is 16.4. The first kappa shape index (κ1) is 15.0. The van der Waals surface area contributed by atoms with E-state index in [0.29, 0.717) is 11.4 Å². The van der Waals surface area contributed by atoms with E-state index in [1.165, 1.54) is 23.1 Å². The minimum absolute atomic E-state index is 0.170. The first-order chi connectivity index (χ1) is 11.0. The number of hydrogen-bond acceptors (Lipinski definition) is 3. The predicted octanol–water partition coefficient (Wildman–Crippen LogP) is 2.50. The molecule has 0 saturated carbocycles. The number of benzene rings is 2. The van der Waals surface area contributed by atoms with Crippen molar-refractivity contribution in [1.82, 2.24) is 0 Å². The molecule has 0 aromatic heterocycles. The van der Waals surface area contributed by atoms with Gasteiger partial charge in [0.05, 0.1) is 5.69 Å². The molecule has 1 heterocycles. The molecule has 0 fully saturated rings. The lowest BCUT2D eigenvalue weighted by molar-refractivity contribution is -0.123. The van der Waals surface area contributed by atoms with E-state index >= 15 is 0 Å². The van der Waals surface area contributed by atoms with E-state index in [4.69, 9.17) is 4.74 Å². The minimum Gasteiger partial charge on any atom is -0.482 e. The van der Waals surface area contributed by atoms with Gasteiger partial charge in [-0.25, -0.2) is 4.39 Å². The number of carbonyl (C=O) groups is 2. The molecule has 0 spiro atoms. The number of aryl methyl sites for hydroxylation is 1. The average Bonchev–Trinajstić information content (AvgIpc) is 2.52. The second-order valence-corrected chi connectivity index (χ2v) is 5.29. The first-order valence-corrected chi connectivity index (χ1v) is 7.12. The second-order valence-electron chi connectivity index (χ2n) is 5.29. The lowest BCUT2D eigenvalue weighted by Crippen LogP contribution is -2.43. The molecule has 0 bridgehead atoms. The monoisotopic (exact) mass is 314 g/mol. The fourth-order valence-corrected chi connectivity index (χ4v) is 2.33. The standard InChI is InChI=1S/C17H15FN2O3/c1-11-2-5-13(6-3-11)19-16(21)9-20-14-8-12(18)4-7-15(14)23-10-17(20)22/h2-8H,9-10H2,1H3,(H,19,21). The summed E-state index contributed by atoms with van der Waals surface area (Å²) in [5.74, 6) is -0.860. The van der Waals surface area contributed by atoms with E-state index < -0.39 is 5.82 Å². The van der Waals surface area contributed by atoms with Crippen LogP contribution in [0.4, 0.5) is 15.8 Å². The molecule has 0 unspecified atom stereocenters. The molecule has 6 heteroatoms. The number of rotatable bonds is 3. The number of anilines is 2. The van der Waals surface area contributed by atoms with Crippen LogP contribution in [0.25, 0.3) is 0 Å². The van der Waals surface area contributed by atoms with Gasteiger partial charge in [0, 0.05) is 11.8 Å². The predicted molar refractivity (Wildman–Crippen MR) is 84.1 cm³/mol. The van der Waals surface area contributed by atoms with Crippen LogP contribution in [0.5, 0.6) is 5.75 Å². The van der Waals surface area contributed by atoms with E-state index in [0.717, 1.165) is 5.56 Å². The van der Waals surface area contributed by atoms with E-state index in [1.807, 2.05) is 19.1 Å². The third kappa shape index (κ3) is 3.31. The maximum Gasteiger partial charge on any atom is 0.265 e. The number of fused-ring (bicyclic) bond motifs is 1. The van der Waals surface area contributed by atoms with E-state index in [9.17, 15) is 14.0 Å². The van der Waals surface area contributed by atoms with E-state index in [1.54, 1.807) is 12.1 Å². The van der Waals surface area contributed by atoms with E-state index in [-0.39, 0.29) is 30.7 Å². The molecule has 23 heavy (non-hydrogen) atoms. The molecular formula is C17H15FN2O3. The van der Waals surface area contributed by atoms with Crippen LogP contribution in [-0.2, 0) is 9.59 Å². The third-order valence-corrected chi connectivity index (χ3v) is 3.50. The van der Waals surface area contributed by atoms with Crippen molar-refractivity contribution < 1.29 is 18.7 Å². The molecule has 2 aromatic carbocycles. The van der Waals surface area contributed by atoms with E-state index in [2.05, 4.69) is 5.32 Å². The fraction of sp³-hybridized carbons (Fsp3) is 0.176. The Balaban J connectivity index is 1.76. The summed E-state index contributed by atoms with van der Waals surface area (Å²) in [6, 6.07) is 11.2. The highest BCUT2D eigenvalue weighted by Crippen LogP contribution is 2.32. The Morgan fingerprint density at radius 3 is 2.74 bits per heavy atom. The Bertz CT molecular complexity index is 759. The van der Waals surface area contributed by atoms with Crippen molar-refractivity contribution in [3.8, 4) is 5.75 Å². The summed E-state index contributed by atoms with van der Waals surface area (Å²) in [7, 11) is 0. The number of hydrogen-bond donors (Lipinski definition) is 1. The van der Waals surface area contributed by atoms with Gasteiger partial charge < -0.3 is 10.1 Å². The van der Waals surface area contributed by atoms with Gasteiger partial charge in [0.2, 0.25) is 5.91 Å². The Morgan fingerprint density at radius 1 is 1.26 bits per heavy atom. The lowest BCUT2D eigenvalue weighted by atomic mass is 10.2. The number of ether oxygens (including phenoxy) is 1. The summed E-state index contributed by atoms with van der Waals surface area (Å²) in [5, 5.41) is 2.72. The summed E-state index contributed by atoms with van der Waals surface area (Å²) < 4.78 is 18.7. The largest absolute Gasteiger partial charge is 0.482 e. The smallest absolute Gasteiger partial charge is 0.265 e. The average molecular weight is 314 g/mol. The molecule has 0 radical (unpaired) electrons. The van der Waals surface area contributed by atoms with Gasteiger partial charge in [-0.15, -0.1) is 0 Å². The summed E-state index contributed by atoms with van der Waals surface area (Å²) in [6.45, 7) is 1.58. The normalized spacial score (nSPS) is 13.3. The Hall–Kier alpha value is -2.89. The fourth-order valence-electron chi connectivity index (χ4n) is 2.33. The molecule has 3 rings (SSSR count). The summed E-state index contributed by atoms with van der Waals surface area (Å²) >= 11 is 0. The van der Waals surface area contributed by atoms with Crippen LogP contribution in [0.15, 0.2) is 42.5 Å². The molecule has 2 aromatic rings. The van der Waals surface area contributed by atoms with Gasteiger partial charge in [-0.1, -0.05) is 17.7 Å². The van der Waals surface area contributed by atoms with Crippen molar-refractivity contribution in [2.45, 2.75) is 6.92 Å². The Morgan fingerprint density at radius 2 is 2.00 bits per heavy atom. The molecule has 118 valence electrons. The van der Waals surface area contributed by atoms with Crippen molar-refractivity contribution in [3.05, 3.63) is 53.8 Å². The van der Waals surface area contributed by atoms with Crippen LogP contribution >= 0.6 is 0 Å². The van der Waals surface area contributed by atoms with Gasteiger partial charge in [-0.2, -0.15) is 0 Å². The zero-order valence-corrected chi connectivity index (χ0v) is 12.5. The number of nitrogens with zero attached hydrogens (tertiary/aromatic N) is 1. The van der Waals surface area contributed by atoms with Crippen LogP contribution in [0.2, 0.25) is 0 Å². The van der Waals surface area contributed by atoms with Crippen molar-refractivity contribution in [3.63, 3.8) is 0 Å². The molecule has 2 amide bonds. The second kappa shape index (κ2) is 6.08. The number of nitrogens with one attached hydrogen (secondary N) is 1. The molecule has 1 N–H and O–H groups in total. The SMILES string of the molecule is Cc1ccc(NC(=O)CN2C(=O)COc3ccc(F)cc32)cc1. The van der Waals surface area contributed by atoms with Crippen LogP contribution in [0.3, 0.4) is 0 Å². The van der Waals surface area contributed by atoms with Crippen molar-refractivity contribution in [2.24, 2.45) is 0 Å². The quantitative estimate of drug-likeness (QED) is 0.947. The van der Waals surface area contributed by atoms with Gasteiger partial charge in [-0.3, -0.25) is 14.5 Å². The van der Waals surface area contributed by atoms with Crippen molar-refractivity contribution in [1.29, 1.82) is 0 Å². The van der Waals surface area contributed by atoms with Crippen LogP contribution in [-0.4, -0.2) is 25.0 Å². The van der Waals surface area contributed by atoms with Gasteiger partial charge in [0.15, 0.2) is 6.61 Å². The lowest BCUT2D eigenvalue weighted by Gasteiger charge is -2.28. The Kier molecular flexibility index (Phi) is 3.97. The molecular weight excluding hydrogens is 299 g/mol. The number of carbonyl (C=O) groups excluding carboxylic acids is 2.